The predicted octanol–water partition coefficient (Wildman–Crippen LogP) is 2.37. The second-order valence-corrected chi connectivity index (χ2v) is 6.85. The summed E-state index contributed by atoms with van der Waals surface area (Å²) in [4.78, 5) is 21.3. The first-order chi connectivity index (χ1) is 12.2. The Labute approximate surface area is 152 Å². The zero-order chi connectivity index (χ0) is 17.9. The van der Waals surface area contributed by atoms with Crippen molar-refractivity contribution in [2.24, 2.45) is 4.99 Å². The lowest BCUT2D eigenvalue weighted by atomic mass is 10.4. The number of rotatable bonds is 7. The molecule has 1 heterocycles. The van der Waals surface area contributed by atoms with Crippen LogP contribution in [0.2, 0.25) is 0 Å². The molecule has 7 heteroatoms. The van der Waals surface area contributed by atoms with Crippen LogP contribution in [0.3, 0.4) is 0 Å². The normalized spacial score (nSPS) is 12.3. The predicted molar refractivity (Wildman–Crippen MR) is 104 cm³/mol. The van der Waals surface area contributed by atoms with E-state index in [2.05, 4.69) is 45.0 Å². The summed E-state index contributed by atoms with van der Waals surface area (Å²) >= 11 is 1.79. The number of nitrogens with one attached hydrogen (secondary N) is 3. The van der Waals surface area contributed by atoms with E-state index >= 15 is 0 Å². The Morgan fingerprint density at radius 1 is 1.20 bits per heavy atom. The molecular formula is C18H23N5OS. The van der Waals surface area contributed by atoms with Crippen LogP contribution in [0.15, 0.2) is 64.7 Å². The number of aromatic nitrogens is 1. The van der Waals surface area contributed by atoms with E-state index in [1.54, 1.807) is 43.3 Å². The number of thioether (sulfide) groups is 1. The van der Waals surface area contributed by atoms with Crippen LogP contribution in [0.1, 0.15) is 6.92 Å². The second kappa shape index (κ2) is 10.4. The Bertz CT molecular complexity index is 678. The minimum Gasteiger partial charge on any atom is -0.355 e. The fourth-order valence-corrected chi connectivity index (χ4v) is 2.99. The highest BCUT2D eigenvalue weighted by Gasteiger charge is 2.07. The zero-order valence-electron chi connectivity index (χ0n) is 14.4. The van der Waals surface area contributed by atoms with Crippen molar-refractivity contribution < 1.29 is 4.79 Å². The van der Waals surface area contributed by atoms with Crippen LogP contribution in [0.5, 0.6) is 0 Å². The Balaban J connectivity index is 1.70. The number of carbonyl (C=O) groups excluding carboxylic acids is 1. The third kappa shape index (κ3) is 7.26. The summed E-state index contributed by atoms with van der Waals surface area (Å²) in [5.74, 6) is 0.449. The smallest absolute Gasteiger partial charge is 0.243 e. The van der Waals surface area contributed by atoms with Crippen molar-refractivity contribution in [2.75, 3.05) is 25.5 Å². The Kier molecular flexibility index (Phi) is 7.78. The van der Waals surface area contributed by atoms with Gasteiger partial charge >= 0.3 is 0 Å². The van der Waals surface area contributed by atoms with E-state index in [1.165, 1.54) is 4.90 Å². The average Bonchev–Trinajstić information content (AvgIpc) is 2.63. The van der Waals surface area contributed by atoms with Gasteiger partial charge in [0, 0.05) is 29.9 Å². The molecular weight excluding hydrogens is 334 g/mol. The van der Waals surface area contributed by atoms with E-state index in [-0.39, 0.29) is 12.5 Å². The van der Waals surface area contributed by atoms with Gasteiger partial charge in [0.2, 0.25) is 5.91 Å². The summed E-state index contributed by atoms with van der Waals surface area (Å²) in [6, 6.07) is 13.8. The van der Waals surface area contributed by atoms with Crippen molar-refractivity contribution in [2.45, 2.75) is 17.1 Å². The van der Waals surface area contributed by atoms with Gasteiger partial charge in [0.05, 0.1) is 18.4 Å². The molecule has 2 aromatic rings. The van der Waals surface area contributed by atoms with Crippen molar-refractivity contribution in [1.29, 1.82) is 0 Å². The summed E-state index contributed by atoms with van der Waals surface area (Å²) in [7, 11) is 1.68. The number of hydrogen-bond donors (Lipinski definition) is 3. The van der Waals surface area contributed by atoms with Crippen molar-refractivity contribution in [3.63, 3.8) is 0 Å². The lowest BCUT2D eigenvalue weighted by molar-refractivity contribution is -0.115. The van der Waals surface area contributed by atoms with Gasteiger partial charge in [-0.3, -0.25) is 14.8 Å². The molecule has 0 aliphatic heterocycles. The standard InChI is InChI=1S/C18H23N5OS/c1-14(25-16-8-4-3-5-9-16)11-21-18(19-2)22-13-17(24)23-15-7-6-10-20-12-15/h3-10,12,14H,11,13H2,1-2H3,(H,23,24)(H2,19,21,22). The van der Waals surface area contributed by atoms with Gasteiger partial charge in [-0.05, 0) is 24.3 Å². The molecule has 0 aliphatic carbocycles. The van der Waals surface area contributed by atoms with E-state index < -0.39 is 0 Å². The summed E-state index contributed by atoms with van der Waals surface area (Å²) in [6.07, 6.45) is 3.27. The van der Waals surface area contributed by atoms with E-state index in [0.717, 1.165) is 6.54 Å². The fourth-order valence-electron chi connectivity index (χ4n) is 2.04. The van der Waals surface area contributed by atoms with Gasteiger partial charge in [-0.25, -0.2) is 0 Å². The molecule has 6 nitrogen and oxygen atoms in total. The summed E-state index contributed by atoms with van der Waals surface area (Å²) in [5, 5.41) is 9.37. The van der Waals surface area contributed by atoms with E-state index in [9.17, 15) is 4.79 Å². The van der Waals surface area contributed by atoms with Crippen LogP contribution in [-0.2, 0) is 4.79 Å². The molecule has 1 amide bonds. The van der Waals surface area contributed by atoms with Crippen molar-refractivity contribution in [3.05, 3.63) is 54.9 Å². The van der Waals surface area contributed by atoms with E-state index in [0.29, 0.717) is 16.9 Å². The van der Waals surface area contributed by atoms with Gasteiger partial charge in [0.25, 0.3) is 0 Å². The number of pyridine rings is 1. The number of guanidine groups is 1. The topological polar surface area (TPSA) is 78.4 Å². The van der Waals surface area contributed by atoms with Gasteiger partial charge in [-0.2, -0.15) is 0 Å². The van der Waals surface area contributed by atoms with E-state index in [4.69, 9.17) is 0 Å². The maximum atomic E-state index is 11.9. The number of hydrogen-bond acceptors (Lipinski definition) is 4. The largest absolute Gasteiger partial charge is 0.355 e. The number of benzene rings is 1. The first-order valence-electron chi connectivity index (χ1n) is 8.03. The van der Waals surface area contributed by atoms with Crippen LogP contribution in [-0.4, -0.2) is 42.2 Å². The summed E-state index contributed by atoms with van der Waals surface area (Å²) < 4.78 is 0. The van der Waals surface area contributed by atoms with Crippen molar-refractivity contribution in [1.82, 2.24) is 15.6 Å². The van der Waals surface area contributed by atoms with E-state index in [1.807, 2.05) is 18.2 Å². The third-order valence-electron chi connectivity index (χ3n) is 3.22. The first kappa shape index (κ1) is 18.8. The number of aliphatic imine (C=N–C) groups is 1. The molecule has 1 aromatic carbocycles. The number of nitrogens with zero attached hydrogens (tertiary/aromatic N) is 2. The Morgan fingerprint density at radius 2 is 2.00 bits per heavy atom. The molecule has 1 aromatic heterocycles. The van der Waals surface area contributed by atoms with Crippen molar-refractivity contribution in [3.8, 4) is 0 Å². The molecule has 1 unspecified atom stereocenters. The SMILES string of the molecule is CN=C(NCC(=O)Nc1cccnc1)NCC(C)Sc1ccccc1. The summed E-state index contributed by atoms with van der Waals surface area (Å²) in [5.41, 5.74) is 0.671. The molecule has 0 radical (unpaired) electrons. The lowest BCUT2D eigenvalue weighted by Gasteiger charge is -2.15. The van der Waals surface area contributed by atoms with Crippen molar-refractivity contribution >= 4 is 29.3 Å². The third-order valence-corrected chi connectivity index (χ3v) is 4.34. The Hall–Kier alpha value is -2.54. The van der Waals surface area contributed by atoms with Crippen LogP contribution in [0, 0.1) is 0 Å². The molecule has 1 atom stereocenters. The molecule has 3 N–H and O–H groups in total. The maximum Gasteiger partial charge on any atom is 0.243 e. The first-order valence-corrected chi connectivity index (χ1v) is 8.91. The number of amides is 1. The molecule has 2 rings (SSSR count). The fraction of sp³-hybridized carbons (Fsp3) is 0.278. The molecule has 0 aliphatic rings. The Morgan fingerprint density at radius 3 is 2.68 bits per heavy atom. The van der Waals surface area contributed by atoms with Crippen LogP contribution >= 0.6 is 11.8 Å². The van der Waals surface area contributed by atoms with Gasteiger partial charge in [0.1, 0.15) is 0 Å². The quantitative estimate of drug-likeness (QED) is 0.403. The van der Waals surface area contributed by atoms with Crippen LogP contribution < -0.4 is 16.0 Å². The second-order valence-electron chi connectivity index (χ2n) is 5.34. The molecule has 0 spiro atoms. The minimum atomic E-state index is -0.150. The van der Waals surface area contributed by atoms with Gasteiger partial charge in [0.15, 0.2) is 5.96 Å². The summed E-state index contributed by atoms with van der Waals surface area (Å²) in [6.45, 7) is 3.02. The molecule has 0 bridgehead atoms. The van der Waals surface area contributed by atoms with Gasteiger partial charge in [-0.1, -0.05) is 25.1 Å². The molecule has 0 saturated carbocycles. The van der Waals surface area contributed by atoms with Crippen LogP contribution in [0.25, 0.3) is 0 Å². The van der Waals surface area contributed by atoms with Gasteiger partial charge < -0.3 is 16.0 Å². The number of carbonyl (C=O) groups is 1. The lowest BCUT2D eigenvalue weighted by Crippen LogP contribution is -2.43. The minimum absolute atomic E-state index is 0.134. The van der Waals surface area contributed by atoms with Gasteiger partial charge in [-0.15, -0.1) is 11.8 Å². The number of anilines is 1. The highest BCUT2D eigenvalue weighted by molar-refractivity contribution is 8.00. The molecule has 25 heavy (non-hydrogen) atoms. The molecule has 0 saturated heterocycles. The highest BCUT2D eigenvalue weighted by Crippen LogP contribution is 2.21. The zero-order valence-corrected chi connectivity index (χ0v) is 15.2. The highest BCUT2D eigenvalue weighted by atomic mass is 32.2. The average molecular weight is 357 g/mol. The maximum absolute atomic E-state index is 11.9. The monoisotopic (exact) mass is 357 g/mol. The van der Waals surface area contributed by atoms with Crippen LogP contribution in [0.4, 0.5) is 5.69 Å². The molecule has 132 valence electrons. The molecule has 0 fully saturated rings.